The van der Waals surface area contributed by atoms with Gasteiger partial charge in [-0.1, -0.05) is 13.2 Å². The maximum atomic E-state index is 14.4. The molecule has 1 rings (SSSR count). The summed E-state index contributed by atoms with van der Waals surface area (Å²) in [5, 5.41) is 0. The zero-order valence-corrected chi connectivity index (χ0v) is 13.7. The van der Waals surface area contributed by atoms with Crippen LogP contribution in [0.1, 0.15) is 0 Å². The summed E-state index contributed by atoms with van der Waals surface area (Å²) >= 11 is 0. The summed E-state index contributed by atoms with van der Waals surface area (Å²) in [6.45, 7) is 11.1. The van der Waals surface area contributed by atoms with Gasteiger partial charge >= 0.3 is 0 Å². The molecular weight excluding hydrogens is 318 g/mol. The zero-order chi connectivity index (χ0) is 18.3. The Kier molecular flexibility index (Phi) is 7.06. The maximum absolute atomic E-state index is 14.4. The molecule has 2 N–H and O–H groups in total. The van der Waals surface area contributed by atoms with Gasteiger partial charge in [0.25, 0.3) is 0 Å². The van der Waals surface area contributed by atoms with Crippen molar-refractivity contribution in [3.63, 3.8) is 0 Å². The van der Waals surface area contributed by atoms with Gasteiger partial charge in [-0.2, -0.15) is 0 Å². The molecular formula is C16H20F2N4O2. The molecule has 0 bridgehead atoms. The molecule has 0 aromatic heterocycles. The first-order valence-electron chi connectivity index (χ1n) is 6.89. The van der Waals surface area contributed by atoms with E-state index in [-0.39, 0.29) is 36.2 Å². The third-order valence-electron chi connectivity index (χ3n) is 3.08. The van der Waals surface area contributed by atoms with Crippen LogP contribution in [-0.4, -0.2) is 44.8 Å². The number of nitrogens with two attached hydrogens (primary N) is 1. The molecule has 0 saturated heterocycles. The van der Waals surface area contributed by atoms with Crippen molar-refractivity contribution in [1.82, 2.24) is 4.90 Å². The van der Waals surface area contributed by atoms with E-state index < -0.39 is 17.3 Å². The highest BCUT2D eigenvalue weighted by Gasteiger charge is 2.21. The highest BCUT2D eigenvalue weighted by atomic mass is 19.1. The molecule has 1 aromatic carbocycles. The number of halogens is 2. The summed E-state index contributed by atoms with van der Waals surface area (Å²) in [5.74, 6) is -2.04. The molecule has 0 aliphatic carbocycles. The van der Waals surface area contributed by atoms with Gasteiger partial charge in [0.2, 0.25) is 0 Å². The number of hydrogen-bond donors (Lipinski definition) is 1. The second-order valence-corrected chi connectivity index (χ2v) is 4.45. The maximum Gasteiger partial charge on any atom is 0.193 e. The van der Waals surface area contributed by atoms with Crippen molar-refractivity contribution in [2.24, 2.45) is 15.7 Å². The quantitative estimate of drug-likeness (QED) is 0.584. The van der Waals surface area contributed by atoms with Gasteiger partial charge < -0.3 is 20.1 Å². The van der Waals surface area contributed by atoms with Crippen LogP contribution in [0.3, 0.4) is 0 Å². The minimum atomic E-state index is -0.972. The van der Waals surface area contributed by atoms with Crippen LogP contribution in [0.15, 0.2) is 41.1 Å². The largest absolute Gasteiger partial charge is 0.493 e. The predicted octanol–water partition coefficient (Wildman–Crippen LogP) is 2.63. The average Bonchev–Trinajstić information content (AvgIpc) is 2.60. The van der Waals surface area contributed by atoms with Crippen LogP contribution < -0.4 is 15.2 Å². The molecule has 0 fully saturated rings. The molecule has 0 atom stereocenters. The van der Waals surface area contributed by atoms with E-state index >= 15 is 0 Å². The van der Waals surface area contributed by atoms with Gasteiger partial charge in [0.15, 0.2) is 23.1 Å². The van der Waals surface area contributed by atoms with Crippen LogP contribution in [0.4, 0.5) is 14.5 Å². The smallest absolute Gasteiger partial charge is 0.193 e. The van der Waals surface area contributed by atoms with E-state index in [1.165, 1.54) is 25.2 Å². The van der Waals surface area contributed by atoms with E-state index in [9.17, 15) is 8.78 Å². The Labute approximate surface area is 139 Å². The average molecular weight is 338 g/mol. The fourth-order valence-corrected chi connectivity index (χ4v) is 1.89. The van der Waals surface area contributed by atoms with Crippen LogP contribution in [0.2, 0.25) is 0 Å². The van der Waals surface area contributed by atoms with Crippen LogP contribution in [0.25, 0.3) is 0 Å². The van der Waals surface area contributed by atoms with Crippen LogP contribution >= 0.6 is 0 Å². The summed E-state index contributed by atoms with van der Waals surface area (Å²) in [5.41, 5.74) is 4.95. The second-order valence-electron chi connectivity index (χ2n) is 4.45. The standard InChI is InChI=1S/C16H20F2N4O2/c1-6-13(22(8-7-19)10(2)20-3)21-16-14(17)11(23-4)9-12(24-5)15(16)18/h6,9H,1-3,7-8,19H2,4-5H3. The number of aliphatic imine (C=N–C) groups is 2. The molecule has 1 aromatic rings. The zero-order valence-electron chi connectivity index (χ0n) is 13.7. The number of amidine groups is 1. The molecule has 0 saturated carbocycles. The van der Waals surface area contributed by atoms with E-state index in [4.69, 9.17) is 15.2 Å². The lowest BCUT2D eigenvalue weighted by atomic mass is 10.2. The first kappa shape index (κ1) is 19.3. The van der Waals surface area contributed by atoms with E-state index in [2.05, 4.69) is 29.9 Å². The molecule has 24 heavy (non-hydrogen) atoms. The Morgan fingerprint density at radius 1 is 1.29 bits per heavy atom. The van der Waals surface area contributed by atoms with E-state index in [1.807, 2.05) is 0 Å². The van der Waals surface area contributed by atoms with E-state index in [0.29, 0.717) is 0 Å². The molecule has 0 amide bonds. The molecule has 130 valence electrons. The predicted molar refractivity (Wildman–Crippen MR) is 91.2 cm³/mol. The van der Waals surface area contributed by atoms with Crippen molar-refractivity contribution in [1.29, 1.82) is 0 Å². The van der Waals surface area contributed by atoms with E-state index in [1.54, 1.807) is 0 Å². The van der Waals surface area contributed by atoms with Gasteiger partial charge in [0, 0.05) is 19.2 Å². The molecule has 6 nitrogen and oxygen atoms in total. The summed E-state index contributed by atoms with van der Waals surface area (Å²) in [7, 11) is 2.50. The van der Waals surface area contributed by atoms with Crippen molar-refractivity contribution >= 4 is 18.2 Å². The number of rotatable bonds is 8. The third kappa shape index (κ3) is 3.96. The van der Waals surface area contributed by atoms with Gasteiger partial charge in [0.1, 0.15) is 17.3 Å². The van der Waals surface area contributed by atoms with Crippen LogP contribution in [0.5, 0.6) is 11.5 Å². The van der Waals surface area contributed by atoms with Crippen molar-refractivity contribution in [2.75, 3.05) is 27.3 Å². The Morgan fingerprint density at radius 3 is 2.21 bits per heavy atom. The molecule has 0 unspecified atom stereocenters. The Bertz CT molecular complexity index is 646. The monoisotopic (exact) mass is 338 g/mol. The normalized spacial score (nSPS) is 11.0. The number of ether oxygens (including phenoxy) is 2. The minimum Gasteiger partial charge on any atom is -0.493 e. The molecule has 0 aliphatic rings. The Hall–Kier alpha value is -2.74. The van der Waals surface area contributed by atoms with Crippen molar-refractivity contribution in [2.45, 2.75) is 0 Å². The van der Waals surface area contributed by atoms with Gasteiger partial charge in [-0.05, 0) is 12.8 Å². The lowest BCUT2D eigenvalue weighted by molar-refractivity contribution is 0.359. The fraction of sp³-hybridized carbons (Fsp3) is 0.250. The van der Waals surface area contributed by atoms with Crippen molar-refractivity contribution in [3.05, 3.63) is 42.8 Å². The highest BCUT2D eigenvalue weighted by Crippen LogP contribution is 2.37. The number of benzene rings is 1. The van der Waals surface area contributed by atoms with Crippen LogP contribution in [-0.2, 0) is 0 Å². The number of nitrogens with zero attached hydrogens (tertiary/aromatic N) is 3. The minimum absolute atomic E-state index is 0.103. The molecule has 0 spiro atoms. The second kappa shape index (κ2) is 8.78. The SMILES string of the molecule is C=CC(=Nc1c(F)c(OC)cc(OC)c1F)N(CCN)C(=C)N=C. The van der Waals surface area contributed by atoms with Crippen molar-refractivity contribution < 1.29 is 18.3 Å². The Balaban J connectivity index is 3.56. The van der Waals surface area contributed by atoms with Gasteiger partial charge in [0.05, 0.1) is 14.2 Å². The van der Waals surface area contributed by atoms with Gasteiger partial charge in [-0.3, -0.25) is 0 Å². The first-order chi connectivity index (χ1) is 11.4. The summed E-state index contributed by atoms with van der Waals surface area (Å²) in [6.07, 6.45) is 1.30. The summed E-state index contributed by atoms with van der Waals surface area (Å²) in [6, 6.07) is 1.10. The van der Waals surface area contributed by atoms with Gasteiger partial charge in [-0.15, -0.1) is 0 Å². The van der Waals surface area contributed by atoms with Crippen molar-refractivity contribution in [3.8, 4) is 11.5 Å². The lowest BCUT2D eigenvalue weighted by Crippen LogP contribution is -2.32. The molecule has 0 heterocycles. The van der Waals surface area contributed by atoms with Gasteiger partial charge in [-0.25, -0.2) is 18.8 Å². The molecule has 8 heteroatoms. The number of methoxy groups -OCH3 is 2. The van der Waals surface area contributed by atoms with Crippen LogP contribution in [0, 0.1) is 11.6 Å². The first-order valence-corrected chi connectivity index (χ1v) is 6.89. The topological polar surface area (TPSA) is 72.4 Å². The summed E-state index contributed by atoms with van der Waals surface area (Å²) in [4.78, 5) is 9.12. The fourth-order valence-electron chi connectivity index (χ4n) is 1.89. The third-order valence-corrected chi connectivity index (χ3v) is 3.08. The highest BCUT2D eigenvalue weighted by molar-refractivity contribution is 5.95. The van der Waals surface area contributed by atoms with E-state index in [0.717, 1.165) is 6.07 Å². The number of hydrogen-bond acceptors (Lipinski definition) is 5. The molecule has 0 aliphatic heterocycles. The Morgan fingerprint density at radius 2 is 1.83 bits per heavy atom. The summed E-state index contributed by atoms with van der Waals surface area (Å²) < 4.78 is 38.6. The lowest BCUT2D eigenvalue weighted by Gasteiger charge is -2.23. The molecule has 0 radical (unpaired) electrons.